The molecule has 4 heteroatoms. The molecule has 1 heterocycles. The first kappa shape index (κ1) is 12.1. The Kier molecular flexibility index (Phi) is 3.28. The van der Waals surface area contributed by atoms with Crippen LogP contribution in [0.2, 0.25) is 0 Å². The summed E-state index contributed by atoms with van der Waals surface area (Å²) in [5, 5.41) is 0. The molecular weight excluding hydrogens is 232 g/mol. The van der Waals surface area contributed by atoms with Crippen molar-refractivity contribution in [2.75, 3.05) is 7.11 Å². The summed E-state index contributed by atoms with van der Waals surface area (Å²) >= 11 is 0. The van der Waals surface area contributed by atoms with Crippen LogP contribution in [0, 0.1) is 6.92 Å². The minimum Gasteiger partial charge on any atom is -0.496 e. The highest BCUT2D eigenvalue weighted by Crippen LogP contribution is 2.22. The summed E-state index contributed by atoms with van der Waals surface area (Å²) in [6.07, 6.45) is 0. The molecule has 0 bridgehead atoms. The number of carbonyl (C=O) groups excluding carboxylic acids is 1. The fraction of sp³-hybridized carbons (Fsp3) is 0.143. The van der Waals surface area contributed by atoms with E-state index in [0.29, 0.717) is 5.56 Å². The van der Waals surface area contributed by atoms with Crippen LogP contribution in [0.4, 0.5) is 0 Å². The van der Waals surface area contributed by atoms with Gasteiger partial charge in [-0.1, -0.05) is 30.3 Å². The Morgan fingerprint density at radius 3 is 2.50 bits per heavy atom. The van der Waals surface area contributed by atoms with Gasteiger partial charge in [0.25, 0.3) is 0 Å². The minimum atomic E-state index is -0.533. The summed E-state index contributed by atoms with van der Waals surface area (Å²) < 4.78 is 10.0. The monoisotopic (exact) mass is 244 g/mol. The lowest BCUT2D eigenvalue weighted by Gasteiger charge is -2.08. The normalized spacial score (nSPS) is 10.1. The third-order valence-electron chi connectivity index (χ3n) is 2.58. The number of rotatable bonds is 3. The van der Waals surface area contributed by atoms with Gasteiger partial charge in [0.1, 0.15) is 17.1 Å². The molecule has 2 aromatic rings. The molecule has 0 unspecified atom stereocenters. The average Bonchev–Trinajstić information content (AvgIpc) is 2.38. The van der Waals surface area contributed by atoms with Crippen LogP contribution in [0.5, 0.6) is 5.75 Å². The van der Waals surface area contributed by atoms with E-state index in [4.69, 9.17) is 9.15 Å². The van der Waals surface area contributed by atoms with Gasteiger partial charge in [-0.2, -0.15) is 0 Å². The standard InChI is InChI=1S/C14H12O4/c1-9-13(11(17-2)8-12(15)18-9)14(16)10-6-4-3-5-7-10/h3-8H,1-2H3. The highest BCUT2D eigenvalue weighted by atomic mass is 16.5. The molecule has 0 radical (unpaired) electrons. The Hall–Kier alpha value is -2.36. The molecule has 0 fully saturated rings. The van der Waals surface area contributed by atoms with E-state index in [9.17, 15) is 9.59 Å². The highest BCUT2D eigenvalue weighted by Gasteiger charge is 2.19. The Bertz CT molecular complexity index is 626. The van der Waals surface area contributed by atoms with Gasteiger partial charge in [-0.3, -0.25) is 4.79 Å². The predicted molar refractivity (Wildman–Crippen MR) is 66.1 cm³/mol. The van der Waals surface area contributed by atoms with Gasteiger partial charge in [-0.15, -0.1) is 0 Å². The second-order valence-electron chi connectivity index (χ2n) is 3.76. The van der Waals surface area contributed by atoms with E-state index < -0.39 is 5.63 Å². The third kappa shape index (κ3) is 2.18. The van der Waals surface area contributed by atoms with Crippen LogP contribution >= 0.6 is 0 Å². The topological polar surface area (TPSA) is 56.5 Å². The number of hydrogen-bond acceptors (Lipinski definition) is 4. The second kappa shape index (κ2) is 4.87. The molecule has 0 aliphatic carbocycles. The van der Waals surface area contributed by atoms with Crippen molar-refractivity contribution in [2.24, 2.45) is 0 Å². The lowest BCUT2D eigenvalue weighted by molar-refractivity contribution is 0.103. The molecule has 0 aliphatic rings. The first-order valence-electron chi connectivity index (χ1n) is 5.42. The van der Waals surface area contributed by atoms with Crippen molar-refractivity contribution in [3.05, 3.63) is 63.7 Å². The van der Waals surface area contributed by atoms with Crippen molar-refractivity contribution in [3.63, 3.8) is 0 Å². The Morgan fingerprint density at radius 1 is 1.22 bits per heavy atom. The molecular formula is C14H12O4. The molecule has 0 atom stereocenters. The van der Waals surface area contributed by atoms with E-state index >= 15 is 0 Å². The van der Waals surface area contributed by atoms with Gasteiger partial charge in [0, 0.05) is 5.56 Å². The van der Waals surface area contributed by atoms with Crippen LogP contribution in [0.1, 0.15) is 21.7 Å². The molecule has 1 aromatic carbocycles. The van der Waals surface area contributed by atoms with Crippen molar-refractivity contribution in [2.45, 2.75) is 6.92 Å². The molecule has 1 aromatic heterocycles. The quantitative estimate of drug-likeness (QED) is 0.776. The summed E-state index contributed by atoms with van der Waals surface area (Å²) in [7, 11) is 1.41. The van der Waals surface area contributed by atoms with Crippen LogP contribution < -0.4 is 10.4 Å². The maximum Gasteiger partial charge on any atom is 0.339 e. The number of carbonyl (C=O) groups is 1. The van der Waals surface area contributed by atoms with E-state index in [-0.39, 0.29) is 22.9 Å². The lowest BCUT2D eigenvalue weighted by atomic mass is 10.0. The molecule has 0 spiro atoms. The summed E-state index contributed by atoms with van der Waals surface area (Å²) in [6, 6.07) is 9.94. The van der Waals surface area contributed by atoms with Crippen molar-refractivity contribution in [1.29, 1.82) is 0 Å². The van der Waals surface area contributed by atoms with E-state index in [2.05, 4.69) is 0 Å². The average molecular weight is 244 g/mol. The summed E-state index contributed by atoms with van der Waals surface area (Å²) in [6.45, 7) is 1.57. The van der Waals surface area contributed by atoms with E-state index in [1.165, 1.54) is 13.2 Å². The number of hydrogen-bond donors (Lipinski definition) is 0. The molecule has 0 saturated carbocycles. The Morgan fingerprint density at radius 2 is 1.89 bits per heavy atom. The van der Waals surface area contributed by atoms with Crippen LogP contribution in [0.25, 0.3) is 0 Å². The zero-order chi connectivity index (χ0) is 13.1. The molecule has 92 valence electrons. The largest absolute Gasteiger partial charge is 0.496 e. The van der Waals surface area contributed by atoms with E-state index in [1.54, 1.807) is 31.2 Å². The fourth-order valence-corrected chi connectivity index (χ4v) is 1.75. The molecule has 0 amide bonds. The molecule has 18 heavy (non-hydrogen) atoms. The van der Waals surface area contributed by atoms with Crippen molar-refractivity contribution in [1.82, 2.24) is 0 Å². The zero-order valence-corrected chi connectivity index (χ0v) is 10.1. The van der Waals surface area contributed by atoms with E-state index in [1.807, 2.05) is 6.07 Å². The summed E-state index contributed by atoms with van der Waals surface area (Å²) in [4.78, 5) is 23.5. The first-order chi connectivity index (χ1) is 8.63. The second-order valence-corrected chi connectivity index (χ2v) is 3.76. The number of aryl methyl sites for hydroxylation is 1. The van der Waals surface area contributed by atoms with Crippen LogP contribution in [0.15, 0.2) is 45.6 Å². The predicted octanol–water partition coefficient (Wildman–Crippen LogP) is 2.19. The van der Waals surface area contributed by atoms with Crippen LogP contribution in [-0.2, 0) is 0 Å². The van der Waals surface area contributed by atoms with Crippen molar-refractivity contribution >= 4 is 5.78 Å². The minimum absolute atomic E-state index is 0.228. The maximum absolute atomic E-state index is 12.3. The van der Waals surface area contributed by atoms with Gasteiger partial charge in [-0.05, 0) is 6.92 Å². The zero-order valence-electron chi connectivity index (χ0n) is 10.1. The molecule has 0 aliphatic heterocycles. The smallest absolute Gasteiger partial charge is 0.339 e. The number of benzene rings is 1. The Labute approximate surface area is 104 Å². The Balaban J connectivity index is 2.58. The SMILES string of the molecule is COc1cc(=O)oc(C)c1C(=O)c1ccccc1. The fourth-order valence-electron chi connectivity index (χ4n) is 1.75. The molecule has 0 N–H and O–H groups in total. The lowest BCUT2D eigenvalue weighted by Crippen LogP contribution is -2.10. The molecule has 4 nitrogen and oxygen atoms in total. The van der Waals surface area contributed by atoms with Gasteiger partial charge < -0.3 is 9.15 Å². The highest BCUT2D eigenvalue weighted by molar-refractivity contribution is 6.11. The molecule has 2 rings (SSSR count). The molecule has 0 saturated heterocycles. The van der Waals surface area contributed by atoms with Gasteiger partial charge in [0.15, 0.2) is 5.78 Å². The van der Waals surface area contributed by atoms with Gasteiger partial charge in [0.2, 0.25) is 0 Å². The van der Waals surface area contributed by atoms with Crippen molar-refractivity contribution in [3.8, 4) is 5.75 Å². The maximum atomic E-state index is 12.3. The van der Waals surface area contributed by atoms with Gasteiger partial charge in [-0.25, -0.2) is 4.79 Å². The van der Waals surface area contributed by atoms with Gasteiger partial charge >= 0.3 is 5.63 Å². The summed E-state index contributed by atoms with van der Waals surface area (Å²) in [5.74, 6) is 0.263. The number of ketones is 1. The van der Waals surface area contributed by atoms with Gasteiger partial charge in [0.05, 0.1) is 13.2 Å². The van der Waals surface area contributed by atoms with Crippen molar-refractivity contribution < 1.29 is 13.9 Å². The third-order valence-corrected chi connectivity index (χ3v) is 2.58. The number of ether oxygens (including phenoxy) is 1. The van der Waals surface area contributed by atoms with E-state index in [0.717, 1.165) is 0 Å². The van der Waals surface area contributed by atoms with Crippen LogP contribution in [0.3, 0.4) is 0 Å². The first-order valence-corrected chi connectivity index (χ1v) is 5.42. The number of methoxy groups -OCH3 is 1. The summed E-state index contributed by atoms with van der Waals surface area (Å²) in [5.41, 5.74) is 0.269. The van der Waals surface area contributed by atoms with Crippen LogP contribution in [-0.4, -0.2) is 12.9 Å².